The number of pyridine rings is 1. The molecule has 0 aromatic carbocycles. The third kappa shape index (κ3) is 3.87. The fraction of sp³-hybridized carbons (Fsp3) is 0.429. The highest BCUT2D eigenvalue weighted by Crippen LogP contribution is 2.32. The lowest BCUT2D eigenvalue weighted by Crippen LogP contribution is -2.01. The topological polar surface area (TPSA) is 59.4 Å². The van der Waals surface area contributed by atoms with E-state index >= 15 is 0 Å². The van der Waals surface area contributed by atoms with E-state index in [1.54, 1.807) is 0 Å². The number of carbonyl (C=O) groups is 1. The predicted molar refractivity (Wildman–Crippen MR) is 68.5 cm³/mol. The molecule has 4 nitrogen and oxygen atoms in total. The van der Waals surface area contributed by atoms with Crippen molar-refractivity contribution in [2.45, 2.75) is 26.2 Å². The summed E-state index contributed by atoms with van der Waals surface area (Å²) in [6.45, 7) is 2.54. The molecule has 0 saturated heterocycles. The molecule has 1 aliphatic rings. The number of hydrogen-bond acceptors (Lipinski definition) is 3. The molecule has 0 spiro atoms. The highest BCUT2D eigenvalue weighted by Gasteiger charge is 2.20. The van der Waals surface area contributed by atoms with Crippen LogP contribution < -0.4 is 4.74 Å². The number of ether oxygens (including phenoxy) is 1. The Morgan fingerprint density at radius 1 is 1.56 bits per heavy atom. The van der Waals surface area contributed by atoms with Crippen LogP contribution in [-0.2, 0) is 4.79 Å². The number of nitrogens with zero attached hydrogens (tertiary/aromatic N) is 1. The van der Waals surface area contributed by atoms with Gasteiger partial charge in [-0.2, -0.15) is 0 Å². The highest BCUT2D eigenvalue weighted by molar-refractivity contribution is 5.85. The van der Waals surface area contributed by atoms with Crippen molar-refractivity contribution in [2.24, 2.45) is 5.92 Å². The quantitative estimate of drug-likeness (QED) is 0.785. The van der Waals surface area contributed by atoms with E-state index in [-0.39, 0.29) is 0 Å². The number of carboxylic acids is 1. The first-order valence-electron chi connectivity index (χ1n) is 6.16. The largest absolute Gasteiger partial charge is 0.491 e. The molecule has 0 bridgehead atoms. The van der Waals surface area contributed by atoms with Gasteiger partial charge in [0.15, 0.2) is 0 Å². The molecule has 0 radical (unpaired) electrons. The molecular weight excluding hydrogens is 230 g/mol. The van der Waals surface area contributed by atoms with E-state index in [4.69, 9.17) is 9.84 Å². The summed E-state index contributed by atoms with van der Waals surface area (Å²) in [6.07, 6.45) is 6.23. The van der Waals surface area contributed by atoms with Gasteiger partial charge >= 0.3 is 5.97 Å². The van der Waals surface area contributed by atoms with E-state index in [2.05, 4.69) is 4.98 Å². The van der Waals surface area contributed by atoms with E-state index in [1.807, 2.05) is 19.1 Å². The van der Waals surface area contributed by atoms with Crippen LogP contribution in [0.4, 0.5) is 0 Å². The Hall–Kier alpha value is -1.84. The molecule has 1 fully saturated rings. The van der Waals surface area contributed by atoms with Crippen molar-refractivity contribution in [1.82, 2.24) is 4.98 Å². The van der Waals surface area contributed by atoms with Crippen molar-refractivity contribution in [1.29, 1.82) is 0 Å². The van der Waals surface area contributed by atoms with E-state index in [9.17, 15) is 4.79 Å². The number of aromatic nitrogens is 1. The van der Waals surface area contributed by atoms with Crippen molar-refractivity contribution in [3.05, 3.63) is 29.6 Å². The van der Waals surface area contributed by atoms with E-state index in [0.717, 1.165) is 24.1 Å². The first kappa shape index (κ1) is 12.6. The highest BCUT2D eigenvalue weighted by atomic mass is 16.5. The second kappa shape index (κ2) is 5.67. The minimum atomic E-state index is -0.984. The fourth-order valence-electron chi connectivity index (χ4n) is 1.70. The van der Waals surface area contributed by atoms with Gasteiger partial charge in [0.2, 0.25) is 0 Å². The Bertz CT molecular complexity index is 464. The molecule has 2 rings (SSSR count). The normalized spacial score (nSPS) is 14.9. The van der Waals surface area contributed by atoms with Crippen LogP contribution in [-0.4, -0.2) is 22.7 Å². The summed E-state index contributed by atoms with van der Waals surface area (Å²) in [7, 11) is 0. The van der Waals surface area contributed by atoms with Crippen molar-refractivity contribution in [3.8, 4) is 5.75 Å². The molecule has 1 saturated carbocycles. The average molecular weight is 247 g/mol. The number of aryl methyl sites for hydroxylation is 1. The van der Waals surface area contributed by atoms with Gasteiger partial charge in [-0.1, -0.05) is 12.8 Å². The maximum absolute atomic E-state index is 10.5. The van der Waals surface area contributed by atoms with Crippen LogP contribution in [0, 0.1) is 12.8 Å². The molecule has 1 N–H and O–H groups in total. The first-order chi connectivity index (χ1) is 8.65. The summed E-state index contributed by atoms with van der Waals surface area (Å²) >= 11 is 0. The third-order valence-electron chi connectivity index (χ3n) is 2.89. The van der Waals surface area contributed by atoms with Gasteiger partial charge in [0.05, 0.1) is 6.61 Å². The monoisotopic (exact) mass is 247 g/mol. The molecule has 18 heavy (non-hydrogen) atoms. The zero-order valence-electron chi connectivity index (χ0n) is 10.4. The van der Waals surface area contributed by atoms with Gasteiger partial charge in [-0.25, -0.2) is 9.78 Å². The molecule has 96 valence electrons. The summed E-state index contributed by atoms with van der Waals surface area (Å²) in [4.78, 5) is 14.8. The first-order valence-corrected chi connectivity index (χ1v) is 6.16. The summed E-state index contributed by atoms with van der Waals surface area (Å²) in [6, 6.07) is 3.71. The number of hydrogen-bond donors (Lipinski definition) is 1. The molecular formula is C14H17NO3. The van der Waals surface area contributed by atoms with Crippen LogP contribution in [0.15, 0.2) is 18.2 Å². The summed E-state index contributed by atoms with van der Waals surface area (Å²) < 4.78 is 5.67. The van der Waals surface area contributed by atoms with Gasteiger partial charge in [-0.05, 0) is 37.5 Å². The molecule has 0 atom stereocenters. The molecule has 1 heterocycles. The lowest BCUT2D eigenvalue weighted by molar-refractivity contribution is -0.131. The van der Waals surface area contributed by atoms with Crippen molar-refractivity contribution < 1.29 is 14.6 Å². The summed E-state index contributed by atoms with van der Waals surface area (Å²) in [5, 5.41) is 8.64. The number of carboxylic acid groups (broad SMARTS) is 1. The van der Waals surface area contributed by atoms with Crippen LogP contribution >= 0.6 is 0 Å². The van der Waals surface area contributed by atoms with Crippen molar-refractivity contribution >= 4 is 12.0 Å². The van der Waals surface area contributed by atoms with Crippen molar-refractivity contribution in [3.63, 3.8) is 0 Å². The molecule has 0 amide bonds. The molecule has 1 aromatic rings. The second-order valence-electron chi connectivity index (χ2n) is 4.59. The van der Waals surface area contributed by atoms with Crippen LogP contribution in [0.2, 0.25) is 0 Å². The maximum atomic E-state index is 10.5. The third-order valence-corrected chi connectivity index (χ3v) is 2.89. The zero-order valence-corrected chi connectivity index (χ0v) is 10.4. The Balaban J connectivity index is 2.03. The predicted octanol–water partition coefficient (Wildman–Crippen LogP) is 2.67. The molecule has 0 aliphatic heterocycles. The van der Waals surface area contributed by atoms with Crippen LogP contribution in [0.5, 0.6) is 5.75 Å². The minimum Gasteiger partial charge on any atom is -0.491 e. The minimum absolute atomic E-state index is 0.577. The molecule has 4 heteroatoms. The molecule has 0 unspecified atom stereocenters. The summed E-state index contributed by atoms with van der Waals surface area (Å²) in [5.41, 5.74) is 1.42. The number of aliphatic carboxylic acids is 1. The van der Waals surface area contributed by atoms with Gasteiger partial charge in [0.25, 0.3) is 0 Å². The van der Waals surface area contributed by atoms with E-state index in [1.165, 1.54) is 18.9 Å². The standard InChI is InChI=1S/C14H17NO3/c1-10-2-6-13(18-9-8-11-3-4-11)12(15-10)5-7-14(16)17/h2,5-7,11H,3-4,8-9H2,1H3,(H,16,17). The van der Waals surface area contributed by atoms with Crippen LogP contribution in [0.25, 0.3) is 6.08 Å². The van der Waals surface area contributed by atoms with E-state index < -0.39 is 5.97 Å². The van der Waals surface area contributed by atoms with Gasteiger partial charge in [-0.15, -0.1) is 0 Å². The average Bonchev–Trinajstić information content (AvgIpc) is 3.13. The second-order valence-corrected chi connectivity index (χ2v) is 4.59. The molecule has 1 aromatic heterocycles. The fourth-order valence-corrected chi connectivity index (χ4v) is 1.70. The van der Waals surface area contributed by atoms with Gasteiger partial charge in [0.1, 0.15) is 11.4 Å². The smallest absolute Gasteiger partial charge is 0.328 e. The van der Waals surface area contributed by atoms with Crippen molar-refractivity contribution in [2.75, 3.05) is 6.61 Å². The van der Waals surface area contributed by atoms with Gasteiger partial charge < -0.3 is 9.84 Å². The maximum Gasteiger partial charge on any atom is 0.328 e. The van der Waals surface area contributed by atoms with E-state index in [0.29, 0.717) is 18.1 Å². The Labute approximate surface area is 106 Å². The number of rotatable bonds is 6. The lowest BCUT2D eigenvalue weighted by atomic mass is 10.2. The molecule has 1 aliphatic carbocycles. The van der Waals surface area contributed by atoms with Gasteiger partial charge in [-0.3, -0.25) is 0 Å². The Kier molecular flexibility index (Phi) is 3.97. The zero-order chi connectivity index (χ0) is 13.0. The Morgan fingerprint density at radius 2 is 2.33 bits per heavy atom. The lowest BCUT2D eigenvalue weighted by Gasteiger charge is -2.08. The Morgan fingerprint density at radius 3 is 3.00 bits per heavy atom. The van der Waals surface area contributed by atoms with Crippen LogP contribution in [0.3, 0.4) is 0 Å². The van der Waals surface area contributed by atoms with Gasteiger partial charge in [0, 0.05) is 11.8 Å². The van der Waals surface area contributed by atoms with Crippen LogP contribution in [0.1, 0.15) is 30.7 Å². The summed E-state index contributed by atoms with van der Waals surface area (Å²) in [5.74, 6) is 0.488. The SMILES string of the molecule is Cc1ccc(OCCC2CC2)c(C=CC(=O)O)n1.